The zero-order chi connectivity index (χ0) is 45.2. The molecule has 2 amide bonds. The molecule has 0 aliphatic carbocycles. The van der Waals surface area contributed by atoms with Crippen LogP contribution in [0.5, 0.6) is 11.5 Å². The summed E-state index contributed by atoms with van der Waals surface area (Å²) >= 11 is 4.18. The van der Waals surface area contributed by atoms with Crippen molar-refractivity contribution in [1.29, 1.82) is 5.26 Å². The van der Waals surface area contributed by atoms with Gasteiger partial charge in [-0.05, 0) is 60.6 Å². The number of thioether (sulfide) groups is 4. The number of amides is 2. The number of unbranched alkanes of at least 4 members (excludes halogenated alkanes) is 3. The topological polar surface area (TPSA) is 143 Å². The van der Waals surface area contributed by atoms with Crippen molar-refractivity contribution in [1.82, 2.24) is 10.0 Å². The molecule has 1 fully saturated rings. The van der Waals surface area contributed by atoms with E-state index in [9.17, 15) is 29.2 Å². The number of nitriles is 1. The molecule has 3 aliphatic rings. The van der Waals surface area contributed by atoms with Crippen molar-refractivity contribution >= 4 is 88.9 Å². The predicted octanol–water partition coefficient (Wildman–Crippen LogP) is 11.7. The number of fused-ring (bicyclic) bond motifs is 2. The standard InChI is InChI=1S/C48H49N3O8S4/c1-7-13-16-31(12-6)28-57-46(56)34(27-49)47-60-38-36(58-44(54)32-21-17-29(10-4)18-22-32)40-41(37(39(38)61-47)59-45(55)33-23-19-30(11-5)20-24-33)63-48(62-40)35-42(52)50(25-14-8-2)51(43(35)53)26-15-9-3/h10-11,17-24,31H,4-5,7-9,12-16,25-26,28H2,1-3,6H3. The minimum absolute atomic E-state index is 0.0251. The summed E-state index contributed by atoms with van der Waals surface area (Å²) in [6, 6.07) is 15.4. The quantitative estimate of drug-likeness (QED) is 0.0370. The average Bonchev–Trinajstić information content (AvgIpc) is 4.00. The Kier molecular flexibility index (Phi) is 16.5. The fourth-order valence-corrected chi connectivity index (χ4v) is 12.2. The molecule has 6 rings (SSSR count). The molecule has 15 heteroatoms. The van der Waals surface area contributed by atoms with Crippen molar-refractivity contribution in [3.8, 4) is 17.6 Å². The number of hydrogen-bond donors (Lipinski definition) is 0. The summed E-state index contributed by atoms with van der Waals surface area (Å²) in [5.41, 5.74) is 1.78. The highest BCUT2D eigenvalue weighted by atomic mass is 32.2. The second-order valence-electron chi connectivity index (χ2n) is 14.8. The van der Waals surface area contributed by atoms with E-state index in [0.717, 1.165) is 96.7 Å². The number of nitrogens with zero attached hydrogens (tertiary/aromatic N) is 3. The van der Waals surface area contributed by atoms with Crippen LogP contribution < -0.4 is 9.47 Å². The van der Waals surface area contributed by atoms with Gasteiger partial charge in [-0.3, -0.25) is 9.59 Å². The third kappa shape index (κ3) is 10.5. The lowest BCUT2D eigenvalue weighted by Crippen LogP contribution is -2.42. The smallest absolute Gasteiger partial charge is 0.350 e. The minimum Gasteiger partial charge on any atom is -0.461 e. The van der Waals surface area contributed by atoms with Gasteiger partial charge in [-0.25, -0.2) is 24.4 Å². The van der Waals surface area contributed by atoms with Crippen LogP contribution in [-0.2, 0) is 19.1 Å². The van der Waals surface area contributed by atoms with Crippen LogP contribution in [0, 0.1) is 17.2 Å². The summed E-state index contributed by atoms with van der Waals surface area (Å²) in [7, 11) is 0. The van der Waals surface area contributed by atoms with Crippen LogP contribution in [0.25, 0.3) is 12.2 Å². The van der Waals surface area contributed by atoms with Crippen LogP contribution >= 0.6 is 47.0 Å². The van der Waals surface area contributed by atoms with E-state index in [4.69, 9.17) is 14.2 Å². The number of hydrazine groups is 1. The number of esters is 3. The Morgan fingerprint density at radius 2 is 1.14 bits per heavy atom. The number of carbonyl (C=O) groups excluding carboxylic acids is 5. The maximum Gasteiger partial charge on any atom is 0.350 e. The van der Waals surface area contributed by atoms with Gasteiger partial charge >= 0.3 is 17.9 Å². The van der Waals surface area contributed by atoms with Crippen molar-refractivity contribution in [2.24, 2.45) is 5.92 Å². The number of carbonyl (C=O) groups is 5. The first-order chi connectivity index (χ1) is 30.5. The molecule has 11 nitrogen and oxygen atoms in total. The molecule has 0 saturated carbocycles. The summed E-state index contributed by atoms with van der Waals surface area (Å²) in [6.45, 7) is 16.6. The van der Waals surface area contributed by atoms with Crippen molar-refractivity contribution in [2.75, 3.05) is 19.7 Å². The van der Waals surface area contributed by atoms with E-state index in [1.165, 1.54) is 10.0 Å². The minimum atomic E-state index is -0.793. The lowest BCUT2D eigenvalue weighted by Gasteiger charge is -2.27. The van der Waals surface area contributed by atoms with Gasteiger partial charge in [-0.2, -0.15) is 5.26 Å². The zero-order valence-electron chi connectivity index (χ0n) is 35.8. The third-order valence-electron chi connectivity index (χ3n) is 10.5. The van der Waals surface area contributed by atoms with Crippen LogP contribution in [0.4, 0.5) is 0 Å². The van der Waals surface area contributed by atoms with Crippen LogP contribution in [0.2, 0.25) is 0 Å². The largest absolute Gasteiger partial charge is 0.461 e. The first kappa shape index (κ1) is 47.3. The Hall–Kier alpha value is -5.14. The Labute approximate surface area is 385 Å². The molecule has 0 aromatic heterocycles. The lowest BCUT2D eigenvalue weighted by molar-refractivity contribution is -0.147. The molecule has 3 heterocycles. The van der Waals surface area contributed by atoms with Crippen molar-refractivity contribution in [2.45, 2.75) is 98.6 Å². The number of rotatable bonds is 19. The molecule has 1 unspecified atom stereocenters. The molecule has 0 bridgehead atoms. The first-order valence-corrected chi connectivity index (χ1v) is 24.3. The second-order valence-corrected chi connectivity index (χ2v) is 19.4. The number of ether oxygens (including phenoxy) is 3. The lowest BCUT2D eigenvalue weighted by atomic mass is 10.0. The van der Waals surface area contributed by atoms with Gasteiger partial charge in [0.15, 0.2) is 17.1 Å². The average molecular weight is 924 g/mol. The highest BCUT2D eigenvalue weighted by Crippen LogP contribution is 2.69. The predicted molar refractivity (Wildman–Crippen MR) is 250 cm³/mol. The number of benzene rings is 3. The summed E-state index contributed by atoms with van der Waals surface area (Å²) < 4.78 is 18.9. The first-order valence-electron chi connectivity index (χ1n) is 21.1. The molecule has 0 N–H and O–H groups in total. The zero-order valence-corrected chi connectivity index (χ0v) is 39.0. The van der Waals surface area contributed by atoms with E-state index in [0.29, 0.717) is 49.8 Å². The molecular formula is C48H49N3O8S4. The van der Waals surface area contributed by atoms with Gasteiger partial charge in [0.1, 0.15) is 11.6 Å². The molecule has 328 valence electrons. The van der Waals surface area contributed by atoms with Gasteiger partial charge in [-0.15, -0.1) is 0 Å². The van der Waals surface area contributed by atoms with Crippen molar-refractivity contribution in [3.63, 3.8) is 0 Å². The van der Waals surface area contributed by atoms with E-state index in [1.54, 1.807) is 60.7 Å². The molecule has 0 spiro atoms. The molecule has 3 aromatic rings. The van der Waals surface area contributed by atoms with Gasteiger partial charge < -0.3 is 14.2 Å². The third-order valence-corrected chi connectivity index (χ3v) is 15.7. The van der Waals surface area contributed by atoms with Crippen molar-refractivity contribution in [3.05, 3.63) is 104 Å². The fraction of sp³-hybridized carbons (Fsp3) is 0.333. The molecule has 1 saturated heterocycles. The molecule has 3 aromatic carbocycles. The number of hydrogen-bond acceptors (Lipinski definition) is 13. The Bertz CT molecular complexity index is 2280. The summed E-state index contributed by atoms with van der Waals surface area (Å²) in [6.07, 6.45) is 10.00. The molecule has 0 radical (unpaired) electrons. The van der Waals surface area contributed by atoms with Gasteiger partial charge in [0.2, 0.25) is 0 Å². The highest BCUT2D eigenvalue weighted by molar-refractivity contribution is 8.26. The highest BCUT2D eigenvalue weighted by Gasteiger charge is 2.47. The SMILES string of the molecule is C=Cc1ccc(C(=O)Oc2c3c(c(OC(=O)c4ccc(C=C)cc4)c4c2SC(=C2C(=O)N(CCCC)N(CCCC)C2=O)S4)SC(=C(C#N)C(=O)OCC(CC)CCCC)S3)cc1. The van der Waals surface area contributed by atoms with Gasteiger partial charge in [-0.1, -0.05) is 156 Å². The molecule has 3 aliphatic heterocycles. The normalized spacial score (nSPS) is 14.6. The summed E-state index contributed by atoms with van der Waals surface area (Å²) in [5, 5.41) is 13.4. The van der Waals surface area contributed by atoms with Crippen LogP contribution in [0.1, 0.15) is 111 Å². The van der Waals surface area contributed by atoms with Crippen LogP contribution in [0.3, 0.4) is 0 Å². The van der Waals surface area contributed by atoms with Gasteiger partial charge in [0, 0.05) is 13.1 Å². The molecule has 63 heavy (non-hydrogen) atoms. The fourth-order valence-electron chi connectivity index (χ4n) is 6.75. The molecule has 1 atom stereocenters. The maximum absolute atomic E-state index is 14.2. The van der Waals surface area contributed by atoms with E-state index < -0.39 is 29.7 Å². The van der Waals surface area contributed by atoms with Gasteiger partial charge in [0.25, 0.3) is 11.8 Å². The van der Waals surface area contributed by atoms with E-state index >= 15 is 0 Å². The van der Waals surface area contributed by atoms with Crippen LogP contribution in [0.15, 0.2) is 101 Å². The Morgan fingerprint density at radius 3 is 1.54 bits per heavy atom. The summed E-state index contributed by atoms with van der Waals surface area (Å²) in [4.78, 5) is 71.4. The summed E-state index contributed by atoms with van der Waals surface area (Å²) in [5.74, 6) is -2.83. The maximum atomic E-state index is 14.2. The Morgan fingerprint density at radius 1 is 0.698 bits per heavy atom. The van der Waals surface area contributed by atoms with Gasteiger partial charge in [0.05, 0.1) is 45.8 Å². The Balaban J connectivity index is 1.51. The van der Waals surface area contributed by atoms with Crippen LogP contribution in [-0.4, -0.2) is 59.4 Å². The van der Waals surface area contributed by atoms with E-state index in [-0.39, 0.29) is 50.5 Å². The van der Waals surface area contributed by atoms with E-state index in [2.05, 4.69) is 20.1 Å². The van der Waals surface area contributed by atoms with Crippen molar-refractivity contribution < 1.29 is 38.2 Å². The monoisotopic (exact) mass is 923 g/mol. The van der Waals surface area contributed by atoms with E-state index in [1.807, 2.05) is 26.8 Å². The second kappa shape index (κ2) is 22.0. The molecular weight excluding hydrogens is 875 g/mol.